The molecule has 0 saturated heterocycles. The summed E-state index contributed by atoms with van der Waals surface area (Å²) in [6.45, 7) is 4.71. The Kier molecular flexibility index (Phi) is 4.07. The number of hydrogen-bond donors (Lipinski definition) is 1. The van der Waals surface area contributed by atoms with E-state index in [4.69, 9.17) is 0 Å². The maximum absolute atomic E-state index is 10.7. The topological polar surface area (TPSA) is 38.1 Å². The van der Waals surface area contributed by atoms with E-state index in [2.05, 4.69) is 21.7 Å². The maximum Gasteiger partial charge on any atom is 0.121 e. The van der Waals surface area contributed by atoms with Crippen molar-refractivity contribution in [3.63, 3.8) is 0 Å². The van der Waals surface area contributed by atoms with Crippen molar-refractivity contribution < 1.29 is 5.11 Å². The molecule has 3 nitrogen and oxygen atoms in total. The van der Waals surface area contributed by atoms with Gasteiger partial charge < -0.3 is 9.67 Å². The molecule has 0 fully saturated rings. The summed E-state index contributed by atoms with van der Waals surface area (Å²) in [6.07, 6.45) is 1.11. The first-order valence-electron chi connectivity index (χ1n) is 7.46. The summed E-state index contributed by atoms with van der Waals surface area (Å²) < 4.78 is 2.07. The highest BCUT2D eigenvalue weighted by Crippen LogP contribution is 2.24. The molecule has 0 aliphatic rings. The molecule has 0 bridgehead atoms. The van der Waals surface area contributed by atoms with E-state index < -0.39 is 6.10 Å². The van der Waals surface area contributed by atoms with E-state index in [9.17, 15) is 5.11 Å². The van der Waals surface area contributed by atoms with Crippen LogP contribution in [0.3, 0.4) is 0 Å². The molecule has 112 valence electrons. The largest absolute Gasteiger partial charge is 0.382 e. The SMILES string of the molecule is Cc1cccc([C@@H](O)c2cnc(C)n2Cc2ccccc2)c1. The molecule has 3 heteroatoms. The standard InChI is InChI=1S/C19H20N2O/c1-14-7-6-10-17(11-14)19(22)18-12-20-15(2)21(18)13-16-8-4-3-5-9-16/h3-12,19,22H,13H2,1-2H3/t19-/m1/s1. The van der Waals surface area contributed by atoms with Crippen LogP contribution in [0.25, 0.3) is 0 Å². The van der Waals surface area contributed by atoms with Gasteiger partial charge in [-0.1, -0.05) is 60.2 Å². The van der Waals surface area contributed by atoms with Crippen molar-refractivity contribution in [1.29, 1.82) is 0 Å². The second-order valence-corrected chi connectivity index (χ2v) is 5.62. The van der Waals surface area contributed by atoms with Gasteiger partial charge in [0.1, 0.15) is 11.9 Å². The predicted molar refractivity (Wildman–Crippen MR) is 87.7 cm³/mol. The van der Waals surface area contributed by atoms with Crippen LogP contribution in [0.5, 0.6) is 0 Å². The highest BCUT2D eigenvalue weighted by atomic mass is 16.3. The Morgan fingerprint density at radius 2 is 1.82 bits per heavy atom. The van der Waals surface area contributed by atoms with Crippen LogP contribution >= 0.6 is 0 Å². The zero-order chi connectivity index (χ0) is 15.5. The van der Waals surface area contributed by atoms with E-state index in [0.29, 0.717) is 6.54 Å². The Balaban J connectivity index is 1.95. The Morgan fingerprint density at radius 3 is 2.55 bits per heavy atom. The van der Waals surface area contributed by atoms with Gasteiger partial charge in [0.15, 0.2) is 0 Å². The molecule has 0 aliphatic carbocycles. The van der Waals surface area contributed by atoms with E-state index >= 15 is 0 Å². The fourth-order valence-electron chi connectivity index (χ4n) is 2.69. The molecule has 0 unspecified atom stereocenters. The fraction of sp³-hybridized carbons (Fsp3) is 0.211. The summed E-state index contributed by atoms with van der Waals surface area (Å²) in [7, 11) is 0. The van der Waals surface area contributed by atoms with Gasteiger partial charge in [0.05, 0.1) is 11.9 Å². The Morgan fingerprint density at radius 1 is 1.05 bits per heavy atom. The van der Waals surface area contributed by atoms with Crippen LogP contribution in [0.2, 0.25) is 0 Å². The second-order valence-electron chi connectivity index (χ2n) is 5.62. The summed E-state index contributed by atoms with van der Waals surface area (Å²) in [6, 6.07) is 18.2. The minimum absolute atomic E-state index is 0.662. The van der Waals surface area contributed by atoms with Crippen molar-refractivity contribution in [2.24, 2.45) is 0 Å². The molecular formula is C19H20N2O. The average molecular weight is 292 g/mol. The van der Waals surface area contributed by atoms with Gasteiger partial charge in [-0.2, -0.15) is 0 Å². The van der Waals surface area contributed by atoms with Crippen molar-refractivity contribution in [3.8, 4) is 0 Å². The fourth-order valence-corrected chi connectivity index (χ4v) is 2.69. The lowest BCUT2D eigenvalue weighted by Gasteiger charge is -2.16. The summed E-state index contributed by atoms with van der Waals surface area (Å²) in [5.41, 5.74) is 4.06. The predicted octanol–water partition coefficient (Wildman–Crippen LogP) is 3.63. The van der Waals surface area contributed by atoms with Crippen molar-refractivity contribution in [1.82, 2.24) is 9.55 Å². The minimum atomic E-state index is -0.662. The zero-order valence-corrected chi connectivity index (χ0v) is 12.9. The number of imidazole rings is 1. The molecule has 0 aliphatic heterocycles. The lowest BCUT2D eigenvalue weighted by molar-refractivity contribution is 0.210. The number of nitrogens with zero attached hydrogens (tertiary/aromatic N) is 2. The lowest BCUT2D eigenvalue weighted by Crippen LogP contribution is -2.11. The van der Waals surface area contributed by atoms with E-state index in [1.807, 2.05) is 56.3 Å². The summed E-state index contributed by atoms with van der Waals surface area (Å²) in [4.78, 5) is 4.38. The molecular weight excluding hydrogens is 272 g/mol. The smallest absolute Gasteiger partial charge is 0.121 e. The molecule has 0 amide bonds. The number of benzene rings is 2. The highest BCUT2D eigenvalue weighted by molar-refractivity contribution is 5.30. The molecule has 2 aromatic carbocycles. The summed E-state index contributed by atoms with van der Waals surface area (Å²) in [5, 5.41) is 10.7. The Labute approximate surface area is 130 Å². The molecule has 3 rings (SSSR count). The molecule has 22 heavy (non-hydrogen) atoms. The van der Waals surface area contributed by atoms with E-state index in [-0.39, 0.29) is 0 Å². The van der Waals surface area contributed by atoms with Gasteiger partial charge in [-0.25, -0.2) is 4.98 Å². The first-order chi connectivity index (χ1) is 10.6. The third-order valence-electron chi connectivity index (χ3n) is 3.91. The van der Waals surface area contributed by atoms with Crippen LogP contribution in [-0.4, -0.2) is 14.7 Å². The summed E-state index contributed by atoms with van der Waals surface area (Å²) in [5.74, 6) is 0.908. The molecule has 1 heterocycles. The Bertz CT molecular complexity index is 762. The van der Waals surface area contributed by atoms with Crippen LogP contribution in [0.15, 0.2) is 60.8 Å². The van der Waals surface area contributed by atoms with Crippen LogP contribution in [0, 0.1) is 13.8 Å². The number of aromatic nitrogens is 2. The number of aliphatic hydroxyl groups is 1. The van der Waals surface area contributed by atoms with Gasteiger partial charge in [0, 0.05) is 6.54 Å². The molecule has 3 aromatic rings. The first-order valence-corrected chi connectivity index (χ1v) is 7.46. The van der Waals surface area contributed by atoms with Crippen LogP contribution in [0.4, 0.5) is 0 Å². The second kappa shape index (κ2) is 6.16. The molecule has 1 N–H and O–H groups in total. The number of aliphatic hydroxyl groups excluding tert-OH is 1. The van der Waals surface area contributed by atoms with Gasteiger partial charge in [0.2, 0.25) is 0 Å². The van der Waals surface area contributed by atoms with Gasteiger partial charge in [-0.3, -0.25) is 0 Å². The van der Waals surface area contributed by atoms with Gasteiger partial charge in [-0.15, -0.1) is 0 Å². The lowest BCUT2D eigenvalue weighted by atomic mass is 10.0. The van der Waals surface area contributed by atoms with Gasteiger partial charge in [0.25, 0.3) is 0 Å². The Hall–Kier alpha value is -2.39. The number of hydrogen-bond acceptors (Lipinski definition) is 2. The van der Waals surface area contributed by atoms with Crippen LogP contribution in [0.1, 0.15) is 34.3 Å². The maximum atomic E-state index is 10.7. The number of rotatable bonds is 4. The molecule has 0 saturated carbocycles. The normalized spacial score (nSPS) is 12.3. The van der Waals surface area contributed by atoms with Crippen molar-refractivity contribution in [2.75, 3.05) is 0 Å². The number of aryl methyl sites for hydroxylation is 2. The van der Waals surface area contributed by atoms with Gasteiger partial charge in [-0.05, 0) is 25.0 Å². The molecule has 0 radical (unpaired) electrons. The van der Waals surface area contributed by atoms with Crippen molar-refractivity contribution in [2.45, 2.75) is 26.5 Å². The minimum Gasteiger partial charge on any atom is -0.382 e. The van der Waals surface area contributed by atoms with Gasteiger partial charge >= 0.3 is 0 Å². The van der Waals surface area contributed by atoms with Crippen molar-refractivity contribution >= 4 is 0 Å². The van der Waals surface area contributed by atoms with Crippen LogP contribution < -0.4 is 0 Å². The first kappa shape index (κ1) is 14.5. The monoisotopic (exact) mass is 292 g/mol. The molecule has 0 spiro atoms. The quantitative estimate of drug-likeness (QED) is 0.797. The average Bonchev–Trinajstić information content (AvgIpc) is 2.89. The third kappa shape index (κ3) is 2.95. The van der Waals surface area contributed by atoms with Crippen LogP contribution in [-0.2, 0) is 6.54 Å². The zero-order valence-electron chi connectivity index (χ0n) is 12.9. The van der Waals surface area contributed by atoms with Crippen molar-refractivity contribution in [3.05, 3.63) is 89.0 Å². The summed E-state index contributed by atoms with van der Waals surface area (Å²) >= 11 is 0. The third-order valence-corrected chi connectivity index (χ3v) is 3.91. The van der Waals surface area contributed by atoms with E-state index in [1.165, 1.54) is 5.56 Å². The van der Waals surface area contributed by atoms with E-state index in [1.54, 1.807) is 6.20 Å². The highest BCUT2D eigenvalue weighted by Gasteiger charge is 2.17. The van der Waals surface area contributed by atoms with E-state index in [0.717, 1.165) is 22.6 Å². The molecule has 1 aromatic heterocycles. The molecule has 1 atom stereocenters.